The average Bonchev–Trinajstić information content (AvgIpc) is 2.04. The van der Waals surface area contributed by atoms with Crippen LogP contribution in [0.5, 0.6) is 0 Å². The molecule has 2 heteroatoms. The zero-order chi connectivity index (χ0) is 11.4. The van der Waals surface area contributed by atoms with Crippen LogP contribution in [0.3, 0.4) is 0 Å². The van der Waals surface area contributed by atoms with Gasteiger partial charge in [-0.25, -0.2) is 0 Å². The van der Waals surface area contributed by atoms with E-state index in [1.165, 1.54) is 0 Å². The molecule has 0 unspecified atom stereocenters. The van der Waals surface area contributed by atoms with Crippen LogP contribution in [0, 0.1) is 0 Å². The lowest BCUT2D eigenvalue weighted by molar-refractivity contribution is -0.132. The summed E-state index contributed by atoms with van der Waals surface area (Å²) in [6.45, 7) is 14.2. The number of hydrogen-bond donors (Lipinski definition) is 0. The third-order valence-electron chi connectivity index (χ3n) is 2.52. The highest BCUT2D eigenvalue weighted by Gasteiger charge is 2.28. The van der Waals surface area contributed by atoms with Gasteiger partial charge in [0.1, 0.15) is 0 Å². The van der Waals surface area contributed by atoms with Gasteiger partial charge in [-0.1, -0.05) is 18.7 Å². The van der Waals surface area contributed by atoms with E-state index in [2.05, 4.69) is 6.58 Å². The third kappa shape index (κ3) is 2.72. The van der Waals surface area contributed by atoms with Crippen molar-refractivity contribution in [2.75, 3.05) is 6.54 Å². The van der Waals surface area contributed by atoms with Crippen molar-refractivity contribution in [1.82, 2.24) is 4.90 Å². The molecule has 0 aromatic rings. The van der Waals surface area contributed by atoms with Crippen LogP contribution in [-0.4, -0.2) is 22.9 Å². The number of carbonyl (C=O) groups excluding carboxylic acids is 1. The fourth-order valence-corrected chi connectivity index (χ4v) is 1.59. The van der Waals surface area contributed by atoms with Crippen LogP contribution < -0.4 is 0 Å². The highest BCUT2D eigenvalue weighted by atomic mass is 16.2. The standard InChI is InChI=1S/C12H21NO/c1-7-9-10(3)12(5,6)13(8-2)11(4)14/h7,9H,3,8H2,1-2,4-6H3/b9-7-. The predicted octanol–water partition coefficient (Wildman–Crippen LogP) is 2.77. The van der Waals surface area contributed by atoms with Crippen LogP contribution in [-0.2, 0) is 4.79 Å². The van der Waals surface area contributed by atoms with Crippen LogP contribution in [0.25, 0.3) is 0 Å². The molecule has 0 saturated carbocycles. The molecule has 0 heterocycles. The molecule has 0 rings (SSSR count). The molecule has 0 aromatic heterocycles. The molecule has 0 N–H and O–H groups in total. The Morgan fingerprint density at radius 3 is 2.29 bits per heavy atom. The second kappa shape index (κ2) is 4.99. The summed E-state index contributed by atoms with van der Waals surface area (Å²) in [5.74, 6) is 0.0863. The maximum atomic E-state index is 11.4. The molecule has 0 saturated heterocycles. The number of allylic oxidation sites excluding steroid dienone is 1. The van der Waals surface area contributed by atoms with E-state index < -0.39 is 0 Å². The molecule has 0 aromatic carbocycles. The lowest BCUT2D eigenvalue weighted by atomic mass is 9.92. The van der Waals surface area contributed by atoms with Gasteiger partial charge in [0.05, 0.1) is 5.54 Å². The molecule has 14 heavy (non-hydrogen) atoms. The summed E-state index contributed by atoms with van der Waals surface area (Å²) in [4.78, 5) is 13.2. The lowest BCUT2D eigenvalue weighted by Gasteiger charge is -2.38. The van der Waals surface area contributed by atoms with Gasteiger partial charge in [-0.3, -0.25) is 4.79 Å². The summed E-state index contributed by atoms with van der Waals surface area (Å²) >= 11 is 0. The van der Waals surface area contributed by atoms with E-state index >= 15 is 0 Å². The summed E-state index contributed by atoms with van der Waals surface area (Å²) in [6.07, 6.45) is 3.89. The second-order valence-corrected chi connectivity index (χ2v) is 3.85. The molecule has 2 nitrogen and oxygen atoms in total. The number of carbonyl (C=O) groups is 1. The zero-order valence-corrected chi connectivity index (χ0v) is 9.92. The normalized spacial score (nSPS) is 11.8. The first-order valence-electron chi connectivity index (χ1n) is 4.98. The first-order valence-corrected chi connectivity index (χ1v) is 4.98. The Balaban J connectivity index is 4.90. The van der Waals surface area contributed by atoms with Gasteiger partial charge in [0.25, 0.3) is 0 Å². The first-order chi connectivity index (χ1) is 6.37. The van der Waals surface area contributed by atoms with Crippen molar-refractivity contribution in [2.24, 2.45) is 0 Å². The number of nitrogens with zero attached hydrogens (tertiary/aromatic N) is 1. The molecule has 0 bridgehead atoms. The van der Waals surface area contributed by atoms with Gasteiger partial charge in [-0.15, -0.1) is 0 Å². The maximum absolute atomic E-state index is 11.4. The monoisotopic (exact) mass is 195 g/mol. The van der Waals surface area contributed by atoms with E-state index in [4.69, 9.17) is 0 Å². The summed E-state index contributed by atoms with van der Waals surface area (Å²) in [7, 11) is 0. The lowest BCUT2D eigenvalue weighted by Crippen LogP contribution is -2.47. The number of amides is 1. The Bertz CT molecular complexity index is 251. The largest absolute Gasteiger partial charge is 0.334 e. The summed E-state index contributed by atoms with van der Waals surface area (Å²) in [6, 6.07) is 0. The molecule has 0 atom stereocenters. The molecule has 0 fully saturated rings. The van der Waals surface area contributed by atoms with E-state index in [0.29, 0.717) is 6.54 Å². The highest BCUT2D eigenvalue weighted by Crippen LogP contribution is 2.23. The Morgan fingerprint density at radius 2 is 2.00 bits per heavy atom. The van der Waals surface area contributed by atoms with Crippen LogP contribution in [0.2, 0.25) is 0 Å². The molecule has 0 spiro atoms. The SMILES string of the molecule is C=C(/C=C\C)C(C)(C)N(CC)C(C)=O. The molecule has 0 aliphatic rings. The zero-order valence-electron chi connectivity index (χ0n) is 9.92. The number of hydrogen-bond acceptors (Lipinski definition) is 1. The van der Waals surface area contributed by atoms with Crippen molar-refractivity contribution < 1.29 is 4.79 Å². The molecule has 1 amide bonds. The van der Waals surface area contributed by atoms with Gasteiger partial charge in [0.2, 0.25) is 5.91 Å². The number of rotatable bonds is 4. The van der Waals surface area contributed by atoms with Crippen LogP contribution in [0.4, 0.5) is 0 Å². The molecular weight excluding hydrogens is 174 g/mol. The number of likely N-dealkylation sites (N-methyl/N-ethyl adjacent to an activating group) is 1. The van der Waals surface area contributed by atoms with E-state index in [1.807, 2.05) is 44.7 Å². The molecule has 0 aliphatic heterocycles. The fraction of sp³-hybridized carbons (Fsp3) is 0.583. The Labute approximate surface area is 87.3 Å². The van der Waals surface area contributed by atoms with Crippen molar-refractivity contribution in [3.63, 3.8) is 0 Å². The van der Waals surface area contributed by atoms with Gasteiger partial charge in [-0.05, 0) is 33.3 Å². The van der Waals surface area contributed by atoms with Gasteiger partial charge in [-0.2, -0.15) is 0 Å². The Hall–Kier alpha value is -1.05. The molecule has 80 valence electrons. The van der Waals surface area contributed by atoms with E-state index in [-0.39, 0.29) is 11.4 Å². The summed E-state index contributed by atoms with van der Waals surface area (Å²) < 4.78 is 0. The van der Waals surface area contributed by atoms with Crippen molar-refractivity contribution in [3.8, 4) is 0 Å². The Kier molecular flexibility index (Phi) is 4.61. The minimum Gasteiger partial charge on any atom is -0.334 e. The van der Waals surface area contributed by atoms with E-state index in [0.717, 1.165) is 5.57 Å². The van der Waals surface area contributed by atoms with Gasteiger partial charge < -0.3 is 4.90 Å². The van der Waals surface area contributed by atoms with E-state index in [1.54, 1.807) is 6.92 Å². The van der Waals surface area contributed by atoms with Crippen LogP contribution in [0.1, 0.15) is 34.6 Å². The molecule has 0 aliphatic carbocycles. The van der Waals surface area contributed by atoms with Crippen LogP contribution >= 0.6 is 0 Å². The van der Waals surface area contributed by atoms with Crippen molar-refractivity contribution >= 4 is 5.91 Å². The molecular formula is C12H21NO. The quantitative estimate of drug-likeness (QED) is 0.632. The minimum absolute atomic E-state index is 0.0863. The van der Waals surface area contributed by atoms with Crippen molar-refractivity contribution in [3.05, 3.63) is 24.3 Å². The fourth-order valence-electron chi connectivity index (χ4n) is 1.59. The minimum atomic E-state index is -0.299. The maximum Gasteiger partial charge on any atom is 0.220 e. The second-order valence-electron chi connectivity index (χ2n) is 3.85. The van der Waals surface area contributed by atoms with E-state index in [9.17, 15) is 4.79 Å². The first kappa shape index (κ1) is 12.9. The summed E-state index contributed by atoms with van der Waals surface area (Å²) in [5.41, 5.74) is 0.657. The van der Waals surface area contributed by atoms with Crippen molar-refractivity contribution in [2.45, 2.75) is 40.2 Å². The average molecular weight is 195 g/mol. The third-order valence-corrected chi connectivity index (χ3v) is 2.52. The van der Waals surface area contributed by atoms with Gasteiger partial charge in [0.15, 0.2) is 0 Å². The molecule has 0 radical (unpaired) electrons. The van der Waals surface area contributed by atoms with Crippen LogP contribution in [0.15, 0.2) is 24.3 Å². The smallest absolute Gasteiger partial charge is 0.220 e. The topological polar surface area (TPSA) is 20.3 Å². The van der Waals surface area contributed by atoms with Gasteiger partial charge >= 0.3 is 0 Å². The predicted molar refractivity (Wildman–Crippen MR) is 61.1 cm³/mol. The highest BCUT2D eigenvalue weighted by molar-refractivity contribution is 5.74. The van der Waals surface area contributed by atoms with Gasteiger partial charge in [0, 0.05) is 13.5 Å². The van der Waals surface area contributed by atoms with Crippen molar-refractivity contribution in [1.29, 1.82) is 0 Å². The Morgan fingerprint density at radius 1 is 1.50 bits per heavy atom. The summed E-state index contributed by atoms with van der Waals surface area (Å²) in [5, 5.41) is 0.